The van der Waals surface area contributed by atoms with Crippen LogP contribution in [0.4, 0.5) is 4.39 Å². The molecule has 0 bridgehead atoms. The molecule has 0 heterocycles. The Bertz CT molecular complexity index is 391. The summed E-state index contributed by atoms with van der Waals surface area (Å²) in [5.41, 5.74) is 3.91. The number of halogens is 2. The van der Waals surface area contributed by atoms with Gasteiger partial charge in [-0.15, -0.1) is 0 Å². The van der Waals surface area contributed by atoms with E-state index in [-0.39, 0.29) is 11.9 Å². The Labute approximate surface area is 116 Å². The lowest BCUT2D eigenvalue weighted by molar-refractivity contribution is 0.268. The van der Waals surface area contributed by atoms with Gasteiger partial charge >= 0.3 is 0 Å². The molecule has 1 aromatic carbocycles. The Morgan fingerprint density at radius 1 is 1.33 bits per heavy atom. The Balaban J connectivity index is 2.06. The third-order valence-electron chi connectivity index (χ3n) is 3.88. The fourth-order valence-electron chi connectivity index (χ4n) is 2.83. The average Bonchev–Trinajstić information content (AvgIpc) is 2.41. The molecular weight excluding hydrogens is 295 g/mol. The van der Waals surface area contributed by atoms with Crippen molar-refractivity contribution in [1.82, 2.24) is 5.43 Å². The van der Waals surface area contributed by atoms with Crippen LogP contribution in [-0.2, 0) is 6.42 Å². The van der Waals surface area contributed by atoms with Gasteiger partial charge in [-0.1, -0.05) is 35.2 Å². The van der Waals surface area contributed by atoms with Gasteiger partial charge in [-0.05, 0) is 48.9 Å². The van der Waals surface area contributed by atoms with E-state index >= 15 is 0 Å². The summed E-state index contributed by atoms with van der Waals surface area (Å²) in [5.74, 6) is 6.10. The van der Waals surface area contributed by atoms with Crippen LogP contribution in [0.1, 0.15) is 37.7 Å². The van der Waals surface area contributed by atoms with Crippen molar-refractivity contribution in [1.29, 1.82) is 0 Å². The van der Waals surface area contributed by atoms with Crippen molar-refractivity contribution in [3.8, 4) is 0 Å². The third-order valence-corrected chi connectivity index (χ3v) is 4.65. The first-order valence-corrected chi connectivity index (χ1v) is 7.40. The highest BCUT2D eigenvalue weighted by atomic mass is 79.9. The molecule has 18 heavy (non-hydrogen) atoms. The van der Waals surface area contributed by atoms with E-state index in [9.17, 15) is 4.39 Å². The van der Waals surface area contributed by atoms with Gasteiger partial charge in [0, 0.05) is 10.5 Å². The monoisotopic (exact) mass is 314 g/mol. The summed E-state index contributed by atoms with van der Waals surface area (Å²) in [4.78, 5) is 0. The van der Waals surface area contributed by atoms with Crippen molar-refractivity contribution in [3.05, 3.63) is 34.1 Å². The normalized spacial score (nSPS) is 18.8. The largest absolute Gasteiger partial charge is 0.271 e. The van der Waals surface area contributed by atoms with Crippen LogP contribution in [0, 0.1) is 11.7 Å². The molecule has 0 amide bonds. The minimum absolute atomic E-state index is 0.187. The molecule has 2 rings (SSSR count). The minimum Gasteiger partial charge on any atom is -0.271 e. The van der Waals surface area contributed by atoms with E-state index < -0.39 is 0 Å². The van der Waals surface area contributed by atoms with Crippen molar-refractivity contribution in [2.75, 3.05) is 0 Å². The molecule has 0 saturated heterocycles. The van der Waals surface area contributed by atoms with E-state index in [2.05, 4.69) is 21.4 Å². The zero-order chi connectivity index (χ0) is 13.0. The maximum absolute atomic E-state index is 13.3. The Kier molecular flexibility index (Phi) is 5.15. The summed E-state index contributed by atoms with van der Waals surface area (Å²) in [5, 5.41) is 0. The third kappa shape index (κ3) is 3.53. The summed E-state index contributed by atoms with van der Waals surface area (Å²) in [7, 11) is 0. The maximum atomic E-state index is 13.3. The van der Waals surface area contributed by atoms with Crippen LogP contribution < -0.4 is 11.3 Å². The molecule has 1 atom stereocenters. The molecule has 2 nitrogen and oxygen atoms in total. The second kappa shape index (κ2) is 6.64. The second-order valence-electron chi connectivity index (χ2n) is 5.11. The van der Waals surface area contributed by atoms with Crippen molar-refractivity contribution in [2.24, 2.45) is 11.8 Å². The summed E-state index contributed by atoms with van der Waals surface area (Å²) < 4.78 is 14.2. The molecular formula is C14H20BrFN2. The standard InChI is InChI=1S/C14H20BrFN2/c15-13-7-6-12(16)8-11(13)9-14(18-17)10-4-2-1-3-5-10/h6-8,10,14,18H,1-5,9,17H2. The predicted octanol–water partition coefficient (Wildman–Crippen LogP) is 3.54. The topological polar surface area (TPSA) is 38.0 Å². The molecule has 1 aromatic rings. The molecule has 1 aliphatic rings. The molecule has 0 aliphatic heterocycles. The number of benzene rings is 1. The lowest BCUT2D eigenvalue weighted by Gasteiger charge is -2.30. The lowest BCUT2D eigenvalue weighted by atomic mass is 9.82. The van der Waals surface area contributed by atoms with Crippen LogP contribution in [0.5, 0.6) is 0 Å². The molecule has 1 saturated carbocycles. The van der Waals surface area contributed by atoms with E-state index in [0.717, 1.165) is 16.5 Å². The fourth-order valence-corrected chi connectivity index (χ4v) is 3.24. The number of nitrogens with one attached hydrogen (secondary N) is 1. The number of hydrogen-bond donors (Lipinski definition) is 2. The highest BCUT2D eigenvalue weighted by Crippen LogP contribution is 2.29. The molecule has 0 aromatic heterocycles. The molecule has 3 N–H and O–H groups in total. The van der Waals surface area contributed by atoms with Crippen molar-refractivity contribution >= 4 is 15.9 Å². The second-order valence-corrected chi connectivity index (χ2v) is 5.97. The summed E-state index contributed by atoms with van der Waals surface area (Å²) in [6.07, 6.45) is 7.13. The van der Waals surface area contributed by atoms with E-state index in [1.807, 2.05) is 0 Å². The Morgan fingerprint density at radius 3 is 2.72 bits per heavy atom. The maximum Gasteiger partial charge on any atom is 0.123 e. The zero-order valence-corrected chi connectivity index (χ0v) is 12.0. The van der Waals surface area contributed by atoms with Crippen molar-refractivity contribution in [2.45, 2.75) is 44.6 Å². The van der Waals surface area contributed by atoms with E-state index in [1.165, 1.54) is 38.2 Å². The summed E-state index contributed by atoms with van der Waals surface area (Å²) in [6, 6.07) is 5.07. The SMILES string of the molecule is NNC(Cc1cc(F)ccc1Br)C1CCCCC1. The van der Waals surface area contributed by atoms with E-state index in [4.69, 9.17) is 5.84 Å². The van der Waals surface area contributed by atoms with Crippen LogP contribution in [0.2, 0.25) is 0 Å². The molecule has 100 valence electrons. The average molecular weight is 315 g/mol. The molecule has 1 fully saturated rings. The Hall–Kier alpha value is -0.450. The van der Waals surface area contributed by atoms with Crippen molar-refractivity contribution in [3.63, 3.8) is 0 Å². The van der Waals surface area contributed by atoms with Crippen molar-refractivity contribution < 1.29 is 4.39 Å². The fraction of sp³-hybridized carbons (Fsp3) is 0.571. The highest BCUT2D eigenvalue weighted by molar-refractivity contribution is 9.10. The lowest BCUT2D eigenvalue weighted by Crippen LogP contribution is -2.43. The van der Waals surface area contributed by atoms with Gasteiger partial charge in [-0.3, -0.25) is 11.3 Å². The van der Waals surface area contributed by atoms with Gasteiger partial charge in [0.05, 0.1) is 0 Å². The van der Waals surface area contributed by atoms with Gasteiger partial charge in [-0.25, -0.2) is 4.39 Å². The van der Waals surface area contributed by atoms with Crippen LogP contribution in [0.3, 0.4) is 0 Å². The van der Waals surface area contributed by atoms with Gasteiger partial charge in [0.2, 0.25) is 0 Å². The van der Waals surface area contributed by atoms with E-state index in [1.54, 1.807) is 12.1 Å². The van der Waals surface area contributed by atoms with Gasteiger partial charge < -0.3 is 0 Å². The van der Waals surface area contributed by atoms with Gasteiger partial charge in [-0.2, -0.15) is 0 Å². The van der Waals surface area contributed by atoms with Crippen LogP contribution >= 0.6 is 15.9 Å². The van der Waals surface area contributed by atoms with Crippen LogP contribution in [0.15, 0.2) is 22.7 Å². The molecule has 1 unspecified atom stereocenters. The molecule has 0 spiro atoms. The first-order valence-electron chi connectivity index (χ1n) is 6.60. The highest BCUT2D eigenvalue weighted by Gasteiger charge is 2.23. The van der Waals surface area contributed by atoms with Crippen LogP contribution in [-0.4, -0.2) is 6.04 Å². The Morgan fingerprint density at radius 2 is 2.06 bits per heavy atom. The quantitative estimate of drug-likeness (QED) is 0.659. The number of nitrogens with two attached hydrogens (primary N) is 1. The molecule has 1 aliphatic carbocycles. The van der Waals surface area contributed by atoms with Crippen LogP contribution in [0.25, 0.3) is 0 Å². The first kappa shape index (κ1) is 14.0. The molecule has 4 heteroatoms. The smallest absolute Gasteiger partial charge is 0.123 e. The van der Waals surface area contributed by atoms with Gasteiger partial charge in [0.1, 0.15) is 5.82 Å². The number of hydrogen-bond acceptors (Lipinski definition) is 2. The zero-order valence-electron chi connectivity index (χ0n) is 10.5. The summed E-state index contributed by atoms with van der Waals surface area (Å²) in [6.45, 7) is 0. The predicted molar refractivity (Wildman–Crippen MR) is 75.5 cm³/mol. The van der Waals surface area contributed by atoms with Gasteiger partial charge in [0.15, 0.2) is 0 Å². The first-order chi connectivity index (χ1) is 8.70. The summed E-state index contributed by atoms with van der Waals surface area (Å²) >= 11 is 3.48. The number of hydrazine groups is 1. The van der Waals surface area contributed by atoms with E-state index in [0.29, 0.717) is 5.92 Å². The number of rotatable bonds is 4. The minimum atomic E-state index is -0.187. The van der Waals surface area contributed by atoms with Gasteiger partial charge in [0.25, 0.3) is 0 Å². The molecule has 0 radical (unpaired) electrons.